The van der Waals surface area contributed by atoms with Crippen molar-refractivity contribution in [3.05, 3.63) is 39.9 Å². The van der Waals surface area contributed by atoms with Gasteiger partial charge in [0.25, 0.3) is 11.6 Å². The van der Waals surface area contributed by atoms with Crippen LogP contribution in [0.5, 0.6) is 0 Å². The molecule has 1 aromatic carbocycles. The number of non-ortho nitro benzene ring substituents is 1. The summed E-state index contributed by atoms with van der Waals surface area (Å²) in [5.74, 6) is 1.18. The van der Waals surface area contributed by atoms with E-state index in [1.54, 1.807) is 12.1 Å². The molecule has 0 saturated heterocycles. The Balaban J connectivity index is 1.70. The van der Waals surface area contributed by atoms with Crippen LogP contribution in [0.1, 0.15) is 36.0 Å². The van der Waals surface area contributed by atoms with Gasteiger partial charge in [-0.3, -0.25) is 14.9 Å². The van der Waals surface area contributed by atoms with E-state index in [0.29, 0.717) is 11.5 Å². The zero-order valence-corrected chi connectivity index (χ0v) is 10.5. The SMILES string of the molecule is O=C(NC1CC2CCC1C2)c1cccc([N+](=O)[O-])c1. The summed E-state index contributed by atoms with van der Waals surface area (Å²) in [6.07, 6.45) is 4.77. The van der Waals surface area contributed by atoms with Gasteiger partial charge in [0.15, 0.2) is 0 Å². The zero-order valence-electron chi connectivity index (χ0n) is 10.5. The summed E-state index contributed by atoms with van der Waals surface area (Å²) < 4.78 is 0. The highest BCUT2D eigenvalue weighted by molar-refractivity contribution is 5.95. The summed E-state index contributed by atoms with van der Waals surface area (Å²) in [5.41, 5.74) is 0.331. The molecule has 5 heteroatoms. The quantitative estimate of drug-likeness (QED) is 0.670. The lowest BCUT2D eigenvalue weighted by atomic mass is 9.95. The molecular formula is C14H16N2O3. The average Bonchev–Trinajstić information content (AvgIpc) is 3.01. The van der Waals surface area contributed by atoms with E-state index >= 15 is 0 Å². The highest BCUT2D eigenvalue weighted by Gasteiger charge is 2.40. The molecule has 0 aromatic heterocycles. The summed E-state index contributed by atoms with van der Waals surface area (Å²) in [6, 6.07) is 6.16. The summed E-state index contributed by atoms with van der Waals surface area (Å²) >= 11 is 0. The fourth-order valence-corrected chi connectivity index (χ4v) is 3.43. The first-order valence-electron chi connectivity index (χ1n) is 6.69. The van der Waals surface area contributed by atoms with Crippen molar-refractivity contribution in [1.29, 1.82) is 0 Å². The van der Waals surface area contributed by atoms with Gasteiger partial charge in [0, 0.05) is 23.7 Å². The van der Waals surface area contributed by atoms with E-state index in [-0.39, 0.29) is 17.6 Å². The van der Waals surface area contributed by atoms with Gasteiger partial charge in [-0.2, -0.15) is 0 Å². The molecule has 19 heavy (non-hydrogen) atoms. The molecule has 5 nitrogen and oxygen atoms in total. The van der Waals surface area contributed by atoms with Crippen molar-refractivity contribution in [2.75, 3.05) is 0 Å². The molecule has 0 heterocycles. The first-order chi connectivity index (χ1) is 9.13. The minimum atomic E-state index is -0.478. The Morgan fingerprint density at radius 2 is 2.16 bits per heavy atom. The van der Waals surface area contributed by atoms with E-state index in [1.807, 2.05) is 0 Å². The van der Waals surface area contributed by atoms with Gasteiger partial charge in [-0.1, -0.05) is 12.5 Å². The Kier molecular flexibility index (Phi) is 2.97. The molecule has 1 aromatic rings. The number of amides is 1. The predicted octanol–water partition coefficient (Wildman–Crippen LogP) is 2.51. The van der Waals surface area contributed by atoms with Crippen LogP contribution in [-0.4, -0.2) is 16.9 Å². The molecule has 100 valence electrons. The van der Waals surface area contributed by atoms with Crippen molar-refractivity contribution >= 4 is 11.6 Å². The molecular weight excluding hydrogens is 244 g/mol. The third kappa shape index (κ3) is 2.32. The molecule has 0 aliphatic heterocycles. The largest absolute Gasteiger partial charge is 0.349 e. The van der Waals surface area contributed by atoms with Crippen LogP contribution in [0, 0.1) is 22.0 Å². The number of hydrogen-bond acceptors (Lipinski definition) is 3. The molecule has 1 amide bonds. The molecule has 2 saturated carbocycles. The third-order valence-corrected chi connectivity index (χ3v) is 4.37. The number of hydrogen-bond donors (Lipinski definition) is 1. The van der Waals surface area contributed by atoms with E-state index in [0.717, 1.165) is 12.3 Å². The van der Waals surface area contributed by atoms with Gasteiger partial charge < -0.3 is 5.32 Å². The maximum atomic E-state index is 12.1. The number of nitro benzene ring substituents is 1. The minimum absolute atomic E-state index is 0.0411. The van der Waals surface area contributed by atoms with E-state index in [2.05, 4.69) is 5.32 Å². The Morgan fingerprint density at radius 3 is 2.79 bits per heavy atom. The highest BCUT2D eigenvalue weighted by Crippen LogP contribution is 2.44. The number of nitro groups is 1. The first kappa shape index (κ1) is 12.1. The van der Waals surface area contributed by atoms with Gasteiger partial charge in [-0.25, -0.2) is 0 Å². The number of rotatable bonds is 3. The second kappa shape index (κ2) is 4.64. The molecule has 2 bridgehead atoms. The number of carbonyl (C=O) groups is 1. The number of nitrogens with one attached hydrogen (secondary N) is 1. The van der Waals surface area contributed by atoms with Crippen LogP contribution in [0.3, 0.4) is 0 Å². The van der Waals surface area contributed by atoms with Crippen LogP contribution in [0.25, 0.3) is 0 Å². The lowest BCUT2D eigenvalue weighted by Gasteiger charge is -2.22. The normalized spacial score (nSPS) is 28.3. The van der Waals surface area contributed by atoms with Crippen molar-refractivity contribution in [2.45, 2.75) is 31.7 Å². The van der Waals surface area contributed by atoms with Gasteiger partial charge in [0.05, 0.1) is 4.92 Å². The van der Waals surface area contributed by atoms with Crippen molar-refractivity contribution in [1.82, 2.24) is 5.32 Å². The van der Waals surface area contributed by atoms with Crippen molar-refractivity contribution in [3.8, 4) is 0 Å². The Labute approximate surface area is 111 Å². The molecule has 3 unspecified atom stereocenters. The zero-order chi connectivity index (χ0) is 13.4. The molecule has 0 radical (unpaired) electrons. The second-order valence-electron chi connectivity index (χ2n) is 5.56. The predicted molar refractivity (Wildman–Crippen MR) is 69.8 cm³/mol. The van der Waals surface area contributed by atoms with E-state index < -0.39 is 4.92 Å². The van der Waals surface area contributed by atoms with E-state index in [1.165, 1.54) is 31.4 Å². The fraction of sp³-hybridized carbons (Fsp3) is 0.500. The van der Waals surface area contributed by atoms with Gasteiger partial charge in [-0.15, -0.1) is 0 Å². The maximum absolute atomic E-state index is 12.1. The third-order valence-electron chi connectivity index (χ3n) is 4.37. The van der Waals surface area contributed by atoms with Gasteiger partial charge >= 0.3 is 0 Å². The van der Waals surface area contributed by atoms with Crippen LogP contribution in [0.15, 0.2) is 24.3 Å². The molecule has 3 rings (SSSR count). The summed E-state index contributed by atoms with van der Waals surface area (Å²) in [6.45, 7) is 0. The first-order valence-corrected chi connectivity index (χ1v) is 6.69. The van der Waals surface area contributed by atoms with Crippen molar-refractivity contribution in [3.63, 3.8) is 0 Å². The lowest BCUT2D eigenvalue weighted by Crippen LogP contribution is -2.38. The minimum Gasteiger partial charge on any atom is -0.349 e. The van der Waals surface area contributed by atoms with Crippen molar-refractivity contribution < 1.29 is 9.72 Å². The molecule has 0 spiro atoms. The van der Waals surface area contributed by atoms with Crippen LogP contribution in [-0.2, 0) is 0 Å². The van der Waals surface area contributed by atoms with Gasteiger partial charge in [-0.05, 0) is 37.2 Å². The summed E-state index contributed by atoms with van der Waals surface area (Å²) in [5, 5.41) is 13.7. The highest BCUT2D eigenvalue weighted by atomic mass is 16.6. The van der Waals surface area contributed by atoms with Crippen molar-refractivity contribution in [2.24, 2.45) is 11.8 Å². The summed E-state index contributed by atoms with van der Waals surface area (Å²) in [7, 11) is 0. The maximum Gasteiger partial charge on any atom is 0.270 e. The van der Waals surface area contributed by atoms with Crippen LogP contribution < -0.4 is 5.32 Å². The smallest absolute Gasteiger partial charge is 0.270 e. The van der Waals surface area contributed by atoms with Crippen LogP contribution in [0.4, 0.5) is 5.69 Å². The Bertz CT molecular complexity index is 529. The van der Waals surface area contributed by atoms with E-state index in [9.17, 15) is 14.9 Å². The average molecular weight is 260 g/mol. The van der Waals surface area contributed by atoms with Crippen LogP contribution in [0.2, 0.25) is 0 Å². The number of fused-ring (bicyclic) bond motifs is 2. The number of nitrogens with zero attached hydrogens (tertiary/aromatic N) is 1. The lowest BCUT2D eigenvalue weighted by molar-refractivity contribution is -0.384. The van der Waals surface area contributed by atoms with Crippen LogP contribution >= 0.6 is 0 Å². The number of carbonyl (C=O) groups excluding carboxylic acids is 1. The molecule has 1 N–H and O–H groups in total. The monoisotopic (exact) mass is 260 g/mol. The Morgan fingerprint density at radius 1 is 1.32 bits per heavy atom. The molecule has 2 fully saturated rings. The molecule has 3 atom stereocenters. The van der Waals surface area contributed by atoms with Gasteiger partial charge in [0.1, 0.15) is 0 Å². The van der Waals surface area contributed by atoms with E-state index in [4.69, 9.17) is 0 Å². The number of benzene rings is 1. The second-order valence-corrected chi connectivity index (χ2v) is 5.56. The summed E-state index contributed by atoms with van der Waals surface area (Å²) in [4.78, 5) is 22.3. The Hall–Kier alpha value is -1.91. The molecule has 2 aliphatic carbocycles. The standard InChI is InChI=1S/C14H16N2O3/c17-14(11-2-1-3-12(8-11)16(18)19)15-13-7-9-4-5-10(13)6-9/h1-3,8-10,13H,4-7H2,(H,15,17). The molecule has 2 aliphatic rings. The topological polar surface area (TPSA) is 72.2 Å². The fourth-order valence-electron chi connectivity index (χ4n) is 3.43. The van der Waals surface area contributed by atoms with Gasteiger partial charge in [0.2, 0.25) is 0 Å².